The van der Waals surface area contributed by atoms with Crippen LogP contribution in [0.4, 0.5) is 10.5 Å². The van der Waals surface area contributed by atoms with Gasteiger partial charge < -0.3 is 5.32 Å². The molecule has 8 heteroatoms. The zero-order valence-corrected chi connectivity index (χ0v) is 21.9. The van der Waals surface area contributed by atoms with E-state index in [0.717, 1.165) is 50.6 Å². The molecule has 2 aromatic rings. The minimum Gasteiger partial charge on any atom is -0.335 e. The van der Waals surface area contributed by atoms with E-state index in [4.69, 9.17) is 5.10 Å². The van der Waals surface area contributed by atoms with Gasteiger partial charge in [0.2, 0.25) is 0 Å². The summed E-state index contributed by atoms with van der Waals surface area (Å²) in [5.74, 6) is 0.790. The van der Waals surface area contributed by atoms with Crippen LogP contribution in [-0.2, 0) is 10.0 Å². The van der Waals surface area contributed by atoms with Crippen LogP contribution in [0.5, 0.6) is 0 Å². The average Bonchev–Trinajstić information content (AvgIpc) is 3.26. The molecule has 2 amide bonds. The molecular weight excluding hydrogens is 472 g/mol. The second-order valence-electron chi connectivity index (χ2n) is 10.6. The monoisotopic (exact) mass is 508 g/mol. The Kier molecular flexibility index (Phi) is 7.06. The number of rotatable bonds is 5. The first kappa shape index (κ1) is 24.8. The van der Waals surface area contributed by atoms with E-state index in [0.29, 0.717) is 11.8 Å². The Labute approximate surface area is 214 Å². The normalized spacial score (nSPS) is 24.7. The van der Waals surface area contributed by atoms with E-state index in [-0.39, 0.29) is 17.0 Å². The Morgan fingerprint density at radius 3 is 2.31 bits per heavy atom. The number of fused-ring (bicyclic) bond motifs is 1. The highest BCUT2D eigenvalue weighted by Gasteiger charge is 2.42. The molecule has 1 aliphatic heterocycles. The molecule has 2 N–H and O–H groups in total. The number of carbonyl (C=O) groups excluding carboxylic acids is 1. The number of hydrogen-bond acceptors (Lipinski definition) is 5. The quantitative estimate of drug-likeness (QED) is 0.544. The SMILES string of the molecule is Cc1ccc(C2C3CCCC(C)C3=NN2c2ccc(S(=O)(=O)NC(=O)NC3CCCCC3)cc2)cc1. The van der Waals surface area contributed by atoms with Gasteiger partial charge in [-0.05, 0) is 68.4 Å². The maximum absolute atomic E-state index is 12.9. The molecule has 7 nitrogen and oxygen atoms in total. The van der Waals surface area contributed by atoms with Crippen LogP contribution < -0.4 is 15.0 Å². The number of nitrogens with one attached hydrogen (secondary N) is 2. The number of anilines is 1. The van der Waals surface area contributed by atoms with Crippen molar-refractivity contribution in [1.29, 1.82) is 0 Å². The number of aryl methyl sites for hydroxylation is 1. The molecule has 0 spiro atoms. The maximum Gasteiger partial charge on any atom is 0.328 e. The van der Waals surface area contributed by atoms with E-state index in [1.54, 1.807) is 24.3 Å². The first-order chi connectivity index (χ1) is 17.3. The largest absolute Gasteiger partial charge is 0.335 e. The van der Waals surface area contributed by atoms with E-state index in [9.17, 15) is 13.2 Å². The fraction of sp³-hybridized carbons (Fsp3) is 0.500. The lowest BCUT2D eigenvalue weighted by Crippen LogP contribution is -2.45. The van der Waals surface area contributed by atoms with Crippen molar-refractivity contribution in [3.05, 3.63) is 59.7 Å². The summed E-state index contributed by atoms with van der Waals surface area (Å²) >= 11 is 0. The lowest BCUT2D eigenvalue weighted by Gasteiger charge is -2.31. The summed E-state index contributed by atoms with van der Waals surface area (Å²) in [4.78, 5) is 12.4. The highest BCUT2D eigenvalue weighted by Crippen LogP contribution is 2.46. The lowest BCUT2D eigenvalue weighted by atomic mass is 9.76. The fourth-order valence-electron chi connectivity index (χ4n) is 5.93. The third kappa shape index (κ3) is 5.14. The summed E-state index contributed by atoms with van der Waals surface area (Å²) in [7, 11) is -3.97. The summed E-state index contributed by atoms with van der Waals surface area (Å²) < 4.78 is 27.9. The first-order valence-corrected chi connectivity index (χ1v) is 14.7. The van der Waals surface area contributed by atoms with Crippen LogP contribution in [-0.4, -0.2) is 26.2 Å². The van der Waals surface area contributed by atoms with Crippen LogP contribution in [0.3, 0.4) is 0 Å². The van der Waals surface area contributed by atoms with Crippen LogP contribution in [0, 0.1) is 18.8 Å². The Morgan fingerprint density at radius 2 is 1.61 bits per heavy atom. The number of benzene rings is 2. The van der Waals surface area contributed by atoms with Gasteiger partial charge in [-0.1, -0.05) is 62.4 Å². The Bertz CT molecular complexity index is 1220. The van der Waals surface area contributed by atoms with Gasteiger partial charge in [0.05, 0.1) is 16.6 Å². The van der Waals surface area contributed by atoms with Crippen LogP contribution >= 0.6 is 0 Å². The zero-order chi connectivity index (χ0) is 25.3. The molecule has 2 aliphatic carbocycles. The van der Waals surface area contributed by atoms with Crippen molar-refractivity contribution in [3.8, 4) is 0 Å². The third-order valence-electron chi connectivity index (χ3n) is 7.90. The van der Waals surface area contributed by atoms with E-state index < -0.39 is 16.1 Å². The molecule has 2 fully saturated rings. The summed E-state index contributed by atoms with van der Waals surface area (Å²) in [5, 5.41) is 9.94. The molecule has 36 heavy (non-hydrogen) atoms. The second-order valence-corrected chi connectivity index (χ2v) is 12.3. The highest BCUT2D eigenvalue weighted by atomic mass is 32.2. The van der Waals surface area contributed by atoms with Gasteiger partial charge in [-0.2, -0.15) is 5.10 Å². The Hall–Kier alpha value is -2.87. The molecule has 3 atom stereocenters. The van der Waals surface area contributed by atoms with Crippen molar-refractivity contribution in [3.63, 3.8) is 0 Å². The molecule has 0 aromatic heterocycles. The van der Waals surface area contributed by atoms with Crippen molar-refractivity contribution >= 4 is 27.5 Å². The molecule has 0 radical (unpaired) electrons. The molecular formula is C28H36N4O3S. The number of hydrogen-bond donors (Lipinski definition) is 2. The van der Waals surface area contributed by atoms with Crippen molar-refractivity contribution in [1.82, 2.24) is 10.0 Å². The smallest absolute Gasteiger partial charge is 0.328 e. The molecule has 192 valence electrons. The predicted molar refractivity (Wildman–Crippen MR) is 143 cm³/mol. The Morgan fingerprint density at radius 1 is 0.917 bits per heavy atom. The van der Waals surface area contributed by atoms with E-state index in [1.165, 1.54) is 23.3 Å². The van der Waals surface area contributed by atoms with Crippen LogP contribution in [0.2, 0.25) is 0 Å². The Balaban J connectivity index is 1.36. The summed E-state index contributed by atoms with van der Waals surface area (Å²) in [6.45, 7) is 4.34. The third-order valence-corrected chi connectivity index (χ3v) is 9.25. The van der Waals surface area contributed by atoms with Crippen LogP contribution in [0.1, 0.15) is 75.5 Å². The molecule has 5 rings (SSSR count). The molecule has 2 saturated carbocycles. The van der Waals surface area contributed by atoms with Crippen molar-refractivity contribution in [2.24, 2.45) is 16.9 Å². The number of nitrogens with zero attached hydrogens (tertiary/aromatic N) is 2. The lowest BCUT2D eigenvalue weighted by molar-refractivity contribution is 0.237. The van der Waals surface area contributed by atoms with E-state index in [1.807, 2.05) is 0 Å². The number of sulfonamides is 1. The summed E-state index contributed by atoms with van der Waals surface area (Å²) in [5.41, 5.74) is 4.53. The van der Waals surface area contributed by atoms with Gasteiger partial charge in [0, 0.05) is 17.7 Å². The zero-order valence-electron chi connectivity index (χ0n) is 21.1. The summed E-state index contributed by atoms with van der Waals surface area (Å²) in [6.07, 6.45) is 8.50. The molecule has 1 heterocycles. The fourth-order valence-corrected chi connectivity index (χ4v) is 6.85. The standard InChI is InChI=1S/C28H36N4O3S/c1-19-11-13-21(14-12-19)27-25-10-6-7-20(2)26(25)30-32(27)23-15-17-24(18-16-23)36(34,35)31-28(33)29-22-8-4-3-5-9-22/h11-18,20,22,25,27H,3-10H2,1-2H3,(H2,29,31,33). The van der Waals surface area contributed by atoms with Gasteiger partial charge in [-0.15, -0.1) is 0 Å². The van der Waals surface area contributed by atoms with Crippen molar-refractivity contribution < 1.29 is 13.2 Å². The minimum atomic E-state index is -3.97. The number of hydrazone groups is 1. The van der Waals surface area contributed by atoms with Gasteiger partial charge in [-0.25, -0.2) is 17.9 Å². The topological polar surface area (TPSA) is 90.9 Å². The molecule has 2 aromatic carbocycles. The highest BCUT2D eigenvalue weighted by molar-refractivity contribution is 7.90. The maximum atomic E-state index is 12.9. The number of urea groups is 1. The van der Waals surface area contributed by atoms with Crippen molar-refractivity contribution in [2.75, 3.05) is 5.01 Å². The predicted octanol–water partition coefficient (Wildman–Crippen LogP) is 5.67. The van der Waals surface area contributed by atoms with E-state index >= 15 is 0 Å². The minimum absolute atomic E-state index is 0.0373. The summed E-state index contributed by atoms with van der Waals surface area (Å²) in [6, 6.07) is 14.8. The van der Waals surface area contributed by atoms with Crippen LogP contribution in [0.25, 0.3) is 0 Å². The first-order valence-electron chi connectivity index (χ1n) is 13.2. The molecule has 0 bridgehead atoms. The molecule has 3 aliphatic rings. The van der Waals surface area contributed by atoms with Gasteiger partial charge in [-0.3, -0.25) is 5.01 Å². The van der Waals surface area contributed by atoms with Crippen molar-refractivity contribution in [2.45, 2.75) is 82.2 Å². The molecule has 0 saturated heterocycles. The number of amides is 2. The average molecular weight is 509 g/mol. The van der Waals surface area contributed by atoms with Gasteiger partial charge in [0.25, 0.3) is 10.0 Å². The number of carbonyl (C=O) groups is 1. The van der Waals surface area contributed by atoms with Gasteiger partial charge in [0.1, 0.15) is 0 Å². The van der Waals surface area contributed by atoms with Gasteiger partial charge >= 0.3 is 6.03 Å². The second kappa shape index (κ2) is 10.2. The van der Waals surface area contributed by atoms with E-state index in [2.05, 4.69) is 53.2 Å². The molecule has 3 unspecified atom stereocenters. The van der Waals surface area contributed by atoms with Gasteiger partial charge in [0.15, 0.2) is 0 Å². The van der Waals surface area contributed by atoms with Crippen LogP contribution in [0.15, 0.2) is 58.5 Å².